The van der Waals surface area contributed by atoms with E-state index in [9.17, 15) is 0 Å². The quantitative estimate of drug-likeness (QED) is 0.713. The SMILES string of the molecule is CCC1CCCN1Cc1ccon1. The van der Waals surface area contributed by atoms with Crippen LogP contribution in [0.4, 0.5) is 0 Å². The van der Waals surface area contributed by atoms with Crippen molar-refractivity contribution >= 4 is 0 Å². The molecule has 0 amide bonds. The Morgan fingerprint density at radius 1 is 1.69 bits per heavy atom. The fraction of sp³-hybridized carbons (Fsp3) is 0.700. The van der Waals surface area contributed by atoms with Crippen molar-refractivity contribution in [2.75, 3.05) is 6.54 Å². The second kappa shape index (κ2) is 3.92. The number of rotatable bonds is 3. The summed E-state index contributed by atoms with van der Waals surface area (Å²) in [6.07, 6.45) is 5.56. The third-order valence-corrected chi connectivity index (χ3v) is 2.83. The third-order valence-electron chi connectivity index (χ3n) is 2.83. The van der Waals surface area contributed by atoms with Gasteiger partial charge in [-0.25, -0.2) is 0 Å². The number of likely N-dealkylation sites (tertiary alicyclic amines) is 1. The minimum absolute atomic E-state index is 0.761. The molecule has 3 nitrogen and oxygen atoms in total. The van der Waals surface area contributed by atoms with Crippen molar-refractivity contribution in [1.82, 2.24) is 10.1 Å². The molecule has 1 aliphatic rings. The van der Waals surface area contributed by atoms with Crippen molar-refractivity contribution in [2.45, 2.75) is 38.8 Å². The normalized spacial score (nSPS) is 23.9. The predicted molar refractivity (Wildman–Crippen MR) is 50.2 cm³/mol. The van der Waals surface area contributed by atoms with E-state index in [0.717, 1.165) is 18.3 Å². The predicted octanol–water partition coefficient (Wildman–Crippen LogP) is 2.05. The van der Waals surface area contributed by atoms with Gasteiger partial charge in [-0.2, -0.15) is 0 Å². The van der Waals surface area contributed by atoms with E-state index >= 15 is 0 Å². The highest BCUT2D eigenvalue weighted by Crippen LogP contribution is 2.21. The minimum Gasteiger partial charge on any atom is -0.364 e. The summed E-state index contributed by atoms with van der Waals surface area (Å²) in [6, 6.07) is 2.71. The first-order chi connectivity index (χ1) is 6.40. The first-order valence-electron chi connectivity index (χ1n) is 5.03. The lowest BCUT2D eigenvalue weighted by molar-refractivity contribution is 0.232. The molecule has 1 aromatic rings. The lowest BCUT2D eigenvalue weighted by Crippen LogP contribution is -2.28. The molecule has 0 saturated carbocycles. The Morgan fingerprint density at radius 2 is 2.62 bits per heavy atom. The molecule has 2 rings (SSSR count). The van der Waals surface area contributed by atoms with Crippen LogP contribution in [-0.4, -0.2) is 22.6 Å². The minimum atomic E-state index is 0.761. The van der Waals surface area contributed by atoms with Crippen molar-refractivity contribution in [3.8, 4) is 0 Å². The smallest absolute Gasteiger partial charge is 0.124 e. The lowest BCUT2D eigenvalue weighted by Gasteiger charge is -2.21. The molecule has 72 valence electrons. The van der Waals surface area contributed by atoms with Crippen LogP contribution >= 0.6 is 0 Å². The molecule has 0 radical (unpaired) electrons. The monoisotopic (exact) mass is 180 g/mol. The Kier molecular flexibility index (Phi) is 2.64. The van der Waals surface area contributed by atoms with Gasteiger partial charge in [0.1, 0.15) is 6.26 Å². The highest BCUT2D eigenvalue weighted by Gasteiger charge is 2.23. The number of hydrogen-bond donors (Lipinski definition) is 0. The van der Waals surface area contributed by atoms with Gasteiger partial charge >= 0.3 is 0 Å². The van der Waals surface area contributed by atoms with E-state index in [4.69, 9.17) is 4.52 Å². The maximum Gasteiger partial charge on any atom is 0.124 e. The third kappa shape index (κ3) is 1.91. The molecule has 0 spiro atoms. The Morgan fingerprint density at radius 3 is 3.31 bits per heavy atom. The van der Waals surface area contributed by atoms with E-state index in [-0.39, 0.29) is 0 Å². The Bertz CT molecular complexity index is 245. The van der Waals surface area contributed by atoms with Crippen LogP contribution in [0.25, 0.3) is 0 Å². The fourth-order valence-electron chi connectivity index (χ4n) is 2.09. The zero-order chi connectivity index (χ0) is 9.10. The van der Waals surface area contributed by atoms with Crippen LogP contribution in [-0.2, 0) is 6.54 Å². The van der Waals surface area contributed by atoms with E-state index < -0.39 is 0 Å². The van der Waals surface area contributed by atoms with Gasteiger partial charge in [-0.3, -0.25) is 4.90 Å². The average Bonchev–Trinajstić information content (AvgIpc) is 2.76. The molecule has 1 aromatic heterocycles. The van der Waals surface area contributed by atoms with Crippen LogP contribution in [0.2, 0.25) is 0 Å². The molecule has 1 aliphatic heterocycles. The van der Waals surface area contributed by atoms with Gasteiger partial charge in [0.15, 0.2) is 0 Å². The number of nitrogens with zero attached hydrogens (tertiary/aromatic N) is 2. The van der Waals surface area contributed by atoms with Gasteiger partial charge in [0.2, 0.25) is 0 Å². The molecule has 0 N–H and O–H groups in total. The van der Waals surface area contributed by atoms with Crippen LogP contribution in [0, 0.1) is 0 Å². The molecule has 0 aromatic carbocycles. The van der Waals surface area contributed by atoms with E-state index in [2.05, 4.69) is 17.0 Å². The highest BCUT2D eigenvalue weighted by molar-refractivity contribution is 4.96. The lowest BCUT2D eigenvalue weighted by atomic mass is 10.2. The molecule has 0 aliphatic carbocycles. The van der Waals surface area contributed by atoms with Gasteiger partial charge in [0.05, 0.1) is 5.69 Å². The summed E-state index contributed by atoms with van der Waals surface area (Å²) in [5, 5.41) is 3.93. The second-order valence-corrected chi connectivity index (χ2v) is 3.67. The molecule has 1 atom stereocenters. The van der Waals surface area contributed by atoms with Gasteiger partial charge in [0.25, 0.3) is 0 Å². The molecule has 0 bridgehead atoms. The zero-order valence-corrected chi connectivity index (χ0v) is 8.07. The Labute approximate surface area is 78.7 Å². The Balaban J connectivity index is 1.94. The van der Waals surface area contributed by atoms with Crippen LogP contribution in [0.15, 0.2) is 16.9 Å². The summed E-state index contributed by atoms with van der Waals surface area (Å²) in [5.41, 5.74) is 1.06. The zero-order valence-electron chi connectivity index (χ0n) is 8.07. The van der Waals surface area contributed by atoms with E-state index in [1.54, 1.807) is 6.26 Å². The Hall–Kier alpha value is -0.830. The van der Waals surface area contributed by atoms with Crippen molar-refractivity contribution in [1.29, 1.82) is 0 Å². The van der Waals surface area contributed by atoms with Crippen LogP contribution < -0.4 is 0 Å². The van der Waals surface area contributed by atoms with Gasteiger partial charge < -0.3 is 4.52 Å². The van der Waals surface area contributed by atoms with E-state index in [1.165, 1.54) is 25.8 Å². The van der Waals surface area contributed by atoms with Gasteiger partial charge in [-0.15, -0.1) is 0 Å². The standard InChI is InChI=1S/C10H16N2O/c1-2-10-4-3-6-12(10)8-9-5-7-13-11-9/h5,7,10H,2-4,6,8H2,1H3. The molecular formula is C10H16N2O. The second-order valence-electron chi connectivity index (χ2n) is 3.67. The topological polar surface area (TPSA) is 29.3 Å². The van der Waals surface area contributed by atoms with E-state index in [0.29, 0.717) is 0 Å². The summed E-state index contributed by atoms with van der Waals surface area (Å²) >= 11 is 0. The number of hydrogen-bond acceptors (Lipinski definition) is 3. The molecule has 1 saturated heterocycles. The number of aromatic nitrogens is 1. The summed E-state index contributed by atoms with van der Waals surface area (Å²) < 4.78 is 4.82. The first-order valence-corrected chi connectivity index (χ1v) is 5.03. The van der Waals surface area contributed by atoms with Crippen LogP contribution in [0.5, 0.6) is 0 Å². The molecule has 13 heavy (non-hydrogen) atoms. The van der Waals surface area contributed by atoms with Crippen LogP contribution in [0.3, 0.4) is 0 Å². The summed E-state index contributed by atoms with van der Waals surface area (Å²) in [7, 11) is 0. The largest absolute Gasteiger partial charge is 0.364 e. The van der Waals surface area contributed by atoms with Crippen molar-refractivity contribution in [3.63, 3.8) is 0 Å². The average molecular weight is 180 g/mol. The molecule has 1 fully saturated rings. The van der Waals surface area contributed by atoms with Crippen molar-refractivity contribution < 1.29 is 4.52 Å². The molecule has 1 unspecified atom stereocenters. The maximum absolute atomic E-state index is 4.82. The summed E-state index contributed by atoms with van der Waals surface area (Å²) in [6.45, 7) is 4.42. The maximum atomic E-state index is 4.82. The van der Waals surface area contributed by atoms with Crippen molar-refractivity contribution in [3.05, 3.63) is 18.0 Å². The van der Waals surface area contributed by atoms with Gasteiger partial charge in [-0.1, -0.05) is 12.1 Å². The van der Waals surface area contributed by atoms with Gasteiger partial charge in [0, 0.05) is 18.7 Å². The van der Waals surface area contributed by atoms with Crippen molar-refractivity contribution in [2.24, 2.45) is 0 Å². The molecule has 2 heterocycles. The summed E-state index contributed by atoms with van der Waals surface area (Å²) in [4.78, 5) is 2.50. The summed E-state index contributed by atoms with van der Waals surface area (Å²) in [5.74, 6) is 0. The fourth-order valence-corrected chi connectivity index (χ4v) is 2.09. The highest BCUT2D eigenvalue weighted by atomic mass is 16.5. The first kappa shape index (κ1) is 8.75. The van der Waals surface area contributed by atoms with E-state index in [1.807, 2.05) is 6.07 Å². The van der Waals surface area contributed by atoms with Crippen LogP contribution in [0.1, 0.15) is 31.9 Å². The van der Waals surface area contributed by atoms with Gasteiger partial charge in [-0.05, 0) is 25.8 Å². The molecular weight excluding hydrogens is 164 g/mol. The molecule has 3 heteroatoms.